The number of nitrogens with zero attached hydrogens (tertiary/aromatic N) is 2. The summed E-state index contributed by atoms with van der Waals surface area (Å²) >= 11 is 0. The molecule has 4 heteroatoms. The molecule has 0 spiro atoms. The fourth-order valence-corrected chi connectivity index (χ4v) is 2.96. The number of ether oxygens (including phenoxy) is 1. The van der Waals surface area contributed by atoms with Crippen LogP contribution in [-0.2, 0) is 4.74 Å². The topological polar surface area (TPSA) is 32.8 Å². The van der Waals surface area contributed by atoms with Gasteiger partial charge in [-0.3, -0.25) is 0 Å². The second-order valence-corrected chi connectivity index (χ2v) is 7.23. The van der Waals surface area contributed by atoms with E-state index >= 15 is 0 Å². The molecular weight excluding hydrogens is 240 g/mol. The van der Waals surface area contributed by atoms with Crippen LogP contribution in [0.4, 0.5) is 4.79 Å². The van der Waals surface area contributed by atoms with Crippen molar-refractivity contribution in [2.45, 2.75) is 45.6 Å². The van der Waals surface area contributed by atoms with E-state index in [-0.39, 0.29) is 11.7 Å². The summed E-state index contributed by atoms with van der Waals surface area (Å²) in [6.45, 7) is 9.99. The van der Waals surface area contributed by atoms with E-state index in [1.165, 1.54) is 32.4 Å². The average Bonchev–Trinajstić information content (AvgIpc) is 2.22. The molecule has 0 bridgehead atoms. The molecule has 2 rings (SSSR count). The van der Waals surface area contributed by atoms with E-state index in [0.717, 1.165) is 19.0 Å². The molecule has 0 radical (unpaired) electrons. The molecule has 0 N–H and O–H groups in total. The van der Waals surface area contributed by atoms with Gasteiger partial charge in [0.1, 0.15) is 5.60 Å². The van der Waals surface area contributed by atoms with Gasteiger partial charge in [0.2, 0.25) is 0 Å². The van der Waals surface area contributed by atoms with Crippen LogP contribution in [0.2, 0.25) is 0 Å². The van der Waals surface area contributed by atoms with Crippen molar-refractivity contribution in [3.05, 3.63) is 0 Å². The first kappa shape index (κ1) is 14.6. The van der Waals surface area contributed by atoms with Crippen molar-refractivity contribution in [3.8, 4) is 0 Å². The zero-order chi connectivity index (χ0) is 14.0. The van der Waals surface area contributed by atoms with Gasteiger partial charge in [0.25, 0.3) is 0 Å². The van der Waals surface area contributed by atoms with Crippen LogP contribution in [0, 0.1) is 11.8 Å². The Kier molecular flexibility index (Phi) is 4.39. The normalized spacial score (nSPS) is 23.3. The zero-order valence-electron chi connectivity index (χ0n) is 12.8. The number of amides is 1. The molecule has 2 aliphatic rings. The molecular formula is C15H28N2O2. The quantitative estimate of drug-likeness (QED) is 0.771. The number of piperidine rings is 1. The van der Waals surface area contributed by atoms with E-state index < -0.39 is 0 Å². The maximum absolute atomic E-state index is 11.8. The molecule has 2 aliphatic heterocycles. The summed E-state index contributed by atoms with van der Waals surface area (Å²) in [5.74, 6) is 1.56. The van der Waals surface area contributed by atoms with Gasteiger partial charge in [-0.2, -0.15) is 0 Å². The standard InChI is InChI=1S/C15H28N2O2/c1-15(2,3)19-14(18)17-10-13(11-17)9-12-5-7-16(4)8-6-12/h12-13H,5-11H2,1-4H3. The van der Waals surface area contributed by atoms with Gasteiger partial charge in [-0.1, -0.05) is 0 Å². The van der Waals surface area contributed by atoms with E-state index in [0.29, 0.717) is 5.92 Å². The molecule has 0 unspecified atom stereocenters. The zero-order valence-corrected chi connectivity index (χ0v) is 12.8. The number of rotatable bonds is 2. The van der Waals surface area contributed by atoms with Gasteiger partial charge in [-0.05, 0) is 72.0 Å². The number of carbonyl (C=O) groups excluding carboxylic acids is 1. The van der Waals surface area contributed by atoms with Gasteiger partial charge in [-0.15, -0.1) is 0 Å². The monoisotopic (exact) mass is 268 g/mol. The molecule has 1 amide bonds. The Hall–Kier alpha value is -0.770. The lowest BCUT2D eigenvalue weighted by Crippen LogP contribution is -2.52. The van der Waals surface area contributed by atoms with Gasteiger partial charge >= 0.3 is 6.09 Å². The fourth-order valence-electron chi connectivity index (χ4n) is 2.96. The third-order valence-corrected chi connectivity index (χ3v) is 4.11. The summed E-state index contributed by atoms with van der Waals surface area (Å²) in [5, 5.41) is 0. The predicted octanol–water partition coefficient (Wildman–Crippen LogP) is 2.59. The lowest BCUT2D eigenvalue weighted by atomic mass is 9.84. The molecule has 0 atom stereocenters. The molecule has 110 valence electrons. The maximum atomic E-state index is 11.8. The van der Waals surface area contributed by atoms with E-state index in [9.17, 15) is 4.79 Å². The number of likely N-dealkylation sites (tertiary alicyclic amines) is 2. The Morgan fingerprint density at radius 2 is 1.74 bits per heavy atom. The van der Waals surface area contributed by atoms with Crippen molar-refractivity contribution in [3.63, 3.8) is 0 Å². The Morgan fingerprint density at radius 1 is 1.16 bits per heavy atom. The predicted molar refractivity (Wildman–Crippen MR) is 76.1 cm³/mol. The summed E-state index contributed by atoms with van der Waals surface area (Å²) in [5.41, 5.74) is -0.379. The maximum Gasteiger partial charge on any atom is 0.410 e. The van der Waals surface area contributed by atoms with Crippen molar-refractivity contribution in [2.24, 2.45) is 11.8 Å². The largest absolute Gasteiger partial charge is 0.444 e. The first-order valence-electron chi connectivity index (χ1n) is 7.50. The van der Waals surface area contributed by atoms with Crippen LogP contribution in [-0.4, -0.2) is 54.7 Å². The first-order valence-corrected chi connectivity index (χ1v) is 7.50. The molecule has 4 nitrogen and oxygen atoms in total. The lowest BCUT2D eigenvalue weighted by molar-refractivity contribution is -0.00591. The highest BCUT2D eigenvalue weighted by molar-refractivity contribution is 5.69. The Bertz CT molecular complexity index is 311. The average molecular weight is 268 g/mol. The van der Waals surface area contributed by atoms with Crippen LogP contribution in [0.3, 0.4) is 0 Å². The highest BCUT2D eigenvalue weighted by atomic mass is 16.6. The third-order valence-electron chi connectivity index (χ3n) is 4.11. The second kappa shape index (κ2) is 5.70. The summed E-state index contributed by atoms with van der Waals surface area (Å²) in [4.78, 5) is 16.1. The van der Waals surface area contributed by atoms with Crippen molar-refractivity contribution < 1.29 is 9.53 Å². The Morgan fingerprint density at radius 3 is 2.26 bits per heavy atom. The van der Waals surface area contributed by atoms with Crippen LogP contribution >= 0.6 is 0 Å². The second-order valence-electron chi connectivity index (χ2n) is 7.23. The van der Waals surface area contributed by atoms with Gasteiger partial charge in [0.15, 0.2) is 0 Å². The third kappa shape index (κ3) is 4.37. The molecule has 0 aromatic carbocycles. The summed E-state index contributed by atoms with van der Waals surface area (Å²) in [7, 11) is 2.20. The molecule has 0 saturated carbocycles. The number of hydrogen-bond acceptors (Lipinski definition) is 3. The highest BCUT2D eigenvalue weighted by Gasteiger charge is 2.35. The van der Waals surface area contributed by atoms with E-state index in [2.05, 4.69) is 11.9 Å². The van der Waals surface area contributed by atoms with E-state index in [4.69, 9.17) is 4.74 Å². The van der Waals surface area contributed by atoms with Gasteiger partial charge in [0.05, 0.1) is 0 Å². The van der Waals surface area contributed by atoms with Crippen LogP contribution in [0.15, 0.2) is 0 Å². The molecule has 0 aliphatic carbocycles. The minimum absolute atomic E-state index is 0.146. The molecule has 2 fully saturated rings. The van der Waals surface area contributed by atoms with Crippen molar-refractivity contribution in [1.29, 1.82) is 0 Å². The fraction of sp³-hybridized carbons (Fsp3) is 0.933. The molecule has 19 heavy (non-hydrogen) atoms. The molecule has 2 saturated heterocycles. The molecule has 2 heterocycles. The number of hydrogen-bond donors (Lipinski definition) is 0. The molecule has 0 aromatic heterocycles. The van der Waals surface area contributed by atoms with Crippen LogP contribution < -0.4 is 0 Å². The summed E-state index contributed by atoms with van der Waals surface area (Å²) in [6, 6.07) is 0. The van der Waals surface area contributed by atoms with Crippen LogP contribution in [0.25, 0.3) is 0 Å². The Labute approximate surface area is 117 Å². The summed E-state index contributed by atoms with van der Waals surface area (Å²) < 4.78 is 5.37. The van der Waals surface area contributed by atoms with Crippen LogP contribution in [0.1, 0.15) is 40.0 Å². The van der Waals surface area contributed by atoms with Crippen molar-refractivity contribution in [2.75, 3.05) is 33.2 Å². The smallest absolute Gasteiger partial charge is 0.410 e. The van der Waals surface area contributed by atoms with Crippen molar-refractivity contribution in [1.82, 2.24) is 9.80 Å². The minimum Gasteiger partial charge on any atom is -0.444 e. The van der Waals surface area contributed by atoms with Crippen molar-refractivity contribution >= 4 is 6.09 Å². The lowest BCUT2D eigenvalue weighted by Gasteiger charge is -2.42. The first-order chi connectivity index (χ1) is 8.83. The van der Waals surface area contributed by atoms with Gasteiger partial charge in [-0.25, -0.2) is 4.79 Å². The SMILES string of the molecule is CN1CCC(CC2CN(C(=O)OC(C)(C)C)C2)CC1. The molecule has 0 aromatic rings. The van der Waals surface area contributed by atoms with E-state index in [1.807, 2.05) is 25.7 Å². The minimum atomic E-state index is -0.379. The summed E-state index contributed by atoms with van der Waals surface area (Å²) in [6.07, 6.45) is 3.78. The van der Waals surface area contributed by atoms with Crippen LogP contribution in [0.5, 0.6) is 0 Å². The number of carbonyl (C=O) groups is 1. The van der Waals surface area contributed by atoms with E-state index in [1.54, 1.807) is 0 Å². The highest BCUT2D eigenvalue weighted by Crippen LogP contribution is 2.29. The Balaban J connectivity index is 1.65. The van der Waals surface area contributed by atoms with Gasteiger partial charge in [0, 0.05) is 13.1 Å². The van der Waals surface area contributed by atoms with Gasteiger partial charge < -0.3 is 14.5 Å².